The zero-order chi connectivity index (χ0) is 11.0. The van der Waals surface area contributed by atoms with Gasteiger partial charge in [-0.15, -0.1) is 0 Å². The fraction of sp³-hybridized carbons (Fsp3) is 0.200. The molecule has 2 aromatic rings. The zero-order valence-electron chi connectivity index (χ0n) is 8.32. The third-order valence-electron chi connectivity index (χ3n) is 2.18. The zero-order valence-corrected chi connectivity index (χ0v) is 11.5. The number of aromatic nitrogens is 2. The highest BCUT2D eigenvalue weighted by Gasteiger charge is 2.10. The molecule has 0 atom stereocenters. The van der Waals surface area contributed by atoms with Crippen molar-refractivity contribution in [3.63, 3.8) is 0 Å². The molecule has 0 spiro atoms. The minimum Gasteiger partial charge on any atom is -0.215 e. The van der Waals surface area contributed by atoms with Gasteiger partial charge in [-0.25, -0.2) is 4.68 Å². The summed E-state index contributed by atoms with van der Waals surface area (Å²) >= 11 is 10.2. The number of aryl methyl sites for hydroxylation is 1. The van der Waals surface area contributed by atoms with Crippen LogP contribution in [0.1, 0.15) is 5.69 Å². The van der Waals surface area contributed by atoms with E-state index in [4.69, 9.17) is 12.2 Å². The lowest BCUT2D eigenvalue weighted by atomic mass is 10.2. The number of nitrogens with zero attached hydrogens (tertiary/aromatic N) is 2. The highest BCUT2D eigenvalue weighted by molar-refractivity contribution is 9.10. The number of hydrogen-bond acceptors (Lipinski definition) is 3. The van der Waals surface area contributed by atoms with E-state index in [0.29, 0.717) is 0 Å². The van der Waals surface area contributed by atoms with Crippen LogP contribution in [0.15, 0.2) is 22.7 Å². The van der Waals surface area contributed by atoms with Crippen molar-refractivity contribution < 1.29 is 0 Å². The van der Waals surface area contributed by atoms with Gasteiger partial charge in [0, 0.05) is 9.86 Å². The van der Waals surface area contributed by atoms with Crippen LogP contribution in [-0.4, -0.2) is 20.4 Å². The Morgan fingerprint density at radius 2 is 2.27 bits per heavy atom. The molecule has 0 saturated carbocycles. The number of hydrogen-bond donors (Lipinski definition) is 0. The second-order valence-corrected chi connectivity index (χ2v) is 5.48. The summed E-state index contributed by atoms with van der Waals surface area (Å²) in [5.41, 5.74) is 2.06. The predicted molar refractivity (Wildman–Crippen MR) is 73.7 cm³/mol. The number of thiocarbonyl (C=S) groups is 1. The largest absolute Gasteiger partial charge is 0.215 e. The molecule has 0 aliphatic heterocycles. The predicted octanol–water partition coefficient (Wildman–Crippen LogP) is 3.60. The summed E-state index contributed by atoms with van der Waals surface area (Å²) in [6, 6.07) is 6.11. The first-order valence-corrected chi connectivity index (χ1v) is 6.79. The Bertz CT molecular complexity index is 533. The quantitative estimate of drug-likeness (QED) is 0.692. The molecule has 0 bridgehead atoms. The molecule has 0 radical (unpaired) electrons. The molecule has 0 fully saturated rings. The number of thioether (sulfide) groups is 1. The molecule has 15 heavy (non-hydrogen) atoms. The molecule has 2 nitrogen and oxygen atoms in total. The molecule has 0 aliphatic carbocycles. The van der Waals surface area contributed by atoms with Crippen LogP contribution in [0.3, 0.4) is 0 Å². The Labute approximate surface area is 106 Å². The van der Waals surface area contributed by atoms with Crippen molar-refractivity contribution >= 4 is 55.1 Å². The van der Waals surface area contributed by atoms with E-state index in [0.717, 1.165) is 25.4 Å². The average Bonchev–Trinajstić information content (AvgIpc) is 2.54. The van der Waals surface area contributed by atoms with E-state index < -0.39 is 0 Å². The maximum absolute atomic E-state index is 5.25. The van der Waals surface area contributed by atoms with Gasteiger partial charge in [-0.1, -0.05) is 39.9 Å². The number of halogens is 1. The number of rotatable bonds is 0. The van der Waals surface area contributed by atoms with Crippen LogP contribution in [-0.2, 0) is 0 Å². The molecule has 1 aromatic heterocycles. The second-order valence-electron chi connectivity index (χ2n) is 3.13. The van der Waals surface area contributed by atoms with Gasteiger partial charge < -0.3 is 0 Å². The van der Waals surface area contributed by atoms with Crippen molar-refractivity contribution in [3.05, 3.63) is 28.4 Å². The van der Waals surface area contributed by atoms with Crippen molar-refractivity contribution in [2.75, 3.05) is 6.26 Å². The minimum atomic E-state index is 0.770. The third-order valence-corrected chi connectivity index (χ3v) is 3.86. The fourth-order valence-corrected chi connectivity index (χ4v) is 2.27. The standard InChI is InChI=1S/C10H9BrN2S2/c1-6-8-4-3-7(11)5-9(8)13(12-6)10(14)15-2/h3-5H,1-2H3. The monoisotopic (exact) mass is 300 g/mol. The molecular formula is C10H9BrN2S2. The summed E-state index contributed by atoms with van der Waals surface area (Å²) in [4.78, 5) is 0. The van der Waals surface area contributed by atoms with Crippen molar-refractivity contribution in [2.45, 2.75) is 6.92 Å². The van der Waals surface area contributed by atoms with Crippen LogP contribution in [0.25, 0.3) is 10.9 Å². The highest BCUT2D eigenvalue weighted by Crippen LogP contribution is 2.23. The summed E-state index contributed by atoms with van der Waals surface area (Å²) in [6.45, 7) is 2.00. The van der Waals surface area contributed by atoms with Gasteiger partial charge in [0.1, 0.15) is 0 Å². The minimum absolute atomic E-state index is 0.770. The van der Waals surface area contributed by atoms with E-state index in [1.54, 1.807) is 0 Å². The normalized spacial score (nSPS) is 10.9. The Morgan fingerprint density at radius 1 is 1.53 bits per heavy atom. The van der Waals surface area contributed by atoms with Crippen LogP contribution in [0, 0.1) is 6.92 Å². The Kier molecular flexibility index (Phi) is 3.13. The van der Waals surface area contributed by atoms with Crippen LogP contribution < -0.4 is 0 Å². The third kappa shape index (κ3) is 1.96. The molecule has 0 N–H and O–H groups in total. The Morgan fingerprint density at radius 3 is 2.93 bits per heavy atom. The van der Waals surface area contributed by atoms with E-state index in [1.807, 2.05) is 30.0 Å². The molecule has 0 unspecified atom stereocenters. The second kappa shape index (κ2) is 4.23. The topological polar surface area (TPSA) is 17.8 Å². The summed E-state index contributed by atoms with van der Waals surface area (Å²) in [7, 11) is 0. The summed E-state index contributed by atoms with van der Waals surface area (Å²) in [5, 5.41) is 5.58. The first kappa shape index (κ1) is 11.1. The fourth-order valence-electron chi connectivity index (χ4n) is 1.47. The van der Waals surface area contributed by atoms with Gasteiger partial charge in [-0.3, -0.25) is 0 Å². The molecule has 78 valence electrons. The summed E-state index contributed by atoms with van der Waals surface area (Å²) in [5.74, 6) is 0. The molecular weight excluding hydrogens is 292 g/mol. The summed E-state index contributed by atoms with van der Waals surface area (Å²) in [6.07, 6.45) is 1.96. The van der Waals surface area contributed by atoms with Gasteiger partial charge in [-0.2, -0.15) is 5.10 Å². The molecule has 5 heteroatoms. The molecule has 0 amide bonds. The lowest BCUT2D eigenvalue weighted by Crippen LogP contribution is -2.05. The first-order chi connectivity index (χ1) is 7.13. The number of benzene rings is 1. The van der Waals surface area contributed by atoms with E-state index in [9.17, 15) is 0 Å². The summed E-state index contributed by atoms with van der Waals surface area (Å²) < 4.78 is 3.63. The maximum atomic E-state index is 5.25. The molecule has 2 rings (SSSR count). The van der Waals surface area contributed by atoms with Crippen LogP contribution in [0.5, 0.6) is 0 Å². The van der Waals surface area contributed by atoms with Crippen molar-refractivity contribution in [1.82, 2.24) is 9.78 Å². The van der Waals surface area contributed by atoms with Crippen LogP contribution >= 0.6 is 39.9 Å². The van der Waals surface area contributed by atoms with E-state index in [1.165, 1.54) is 11.8 Å². The highest BCUT2D eigenvalue weighted by atomic mass is 79.9. The van der Waals surface area contributed by atoms with Gasteiger partial charge in [-0.05, 0) is 31.4 Å². The Balaban J connectivity index is 2.75. The van der Waals surface area contributed by atoms with Gasteiger partial charge >= 0.3 is 0 Å². The van der Waals surface area contributed by atoms with Crippen LogP contribution in [0.2, 0.25) is 0 Å². The lowest BCUT2D eigenvalue weighted by molar-refractivity contribution is 0.963. The average molecular weight is 301 g/mol. The van der Waals surface area contributed by atoms with E-state index in [2.05, 4.69) is 27.1 Å². The van der Waals surface area contributed by atoms with Crippen LogP contribution in [0.4, 0.5) is 0 Å². The van der Waals surface area contributed by atoms with Gasteiger partial charge in [0.05, 0.1) is 11.2 Å². The van der Waals surface area contributed by atoms with Gasteiger partial charge in [0.25, 0.3) is 0 Å². The van der Waals surface area contributed by atoms with E-state index >= 15 is 0 Å². The Hall–Kier alpha value is -0.390. The SMILES string of the molecule is CSC(=S)n1nc(C)c2ccc(Br)cc21. The smallest absolute Gasteiger partial charge is 0.161 e. The first-order valence-electron chi connectivity index (χ1n) is 4.36. The molecule has 0 aliphatic rings. The molecule has 1 heterocycles. The molecule has 1 aromatic carbocycles. The van der Waals surface area contributed by atoms with Crippen molar-refractivity contribution in [2.24, 2.45) is 0 Å². The van der Waals surface area contributed by atoms with Crippen molar-refractivity contribution in [3.8, 4) is 0 Å². The maximum Gasteiger partial charge on any atom is 0.161 e. The molecule has 0 saturated heterocycles. The van der Waals surface area contributed by atoms with E-state index in [-0.39, 0.29) is 0 Å². The number of fused-ring (bicyclic) bond motifs is 1. The van der Waals surface area contributed by atoms with Crippen molar-refractivity contribution in [1.29, 1.82) is 0 Å². The van der Waals surface area contributed by atoms with Gasteiger partial charge in [0.15, 0.2) is 4.32 Å². The lowest BCUT2D eigenvalue weighted by Gasteiger charge is -2.01. The van der Waals surface area contributed by atoms with Gasteiger partial charge in [0.2, 0.25) is 0 Å².